The molecule has 5 atom stereocenters. The molecule has 2 saturated carbocycles. The van der Waals surface area contributed by atoms with Crippen LogP contribution < -0.4 is 19.5 Å². The number of benzene rings is 1. The van der Waals surface area contributed by atoms with Gasteiger partial charge in [-0.25, -0.2) is 18.1 Å². The summed E-state index contributed by atoms with van der Waals surface area (Å²) in [6.07, 6.45) is 7.81. The van der Waals surface area contributed by atoms with Crippen molar-refractivity contribution in [3.8, 4) is 23.0 Å². The Morgan fingerprint density at radius 3 is 2.64 bits per heavy atom. The Kier molecular flexibility index (Phi) is 9.33. The number of thiophene rings is 1. The van der Waals surface area contributed by atoms with Crippen molar-refractivity contribution in [3.05, 3.63) is 66.2 Å². The zero-order valence-electron chi connectivity index (χ0n) is 26.1. The number of fused-ring (bicyclic) bond motifs is 2. The minimum absolute atomic E-state index is 0.00269. The number of nitrogens with zero attached hydrogens (tertiary/aromatic N) is 3. The molecule has 0 radical (unpaired) electrons. The summed E-state index contributed by atoms with van der Waals surface area (Å²) < 4.78 is 39.9. The Hall–Kier alpha value is -4.30. The number of methoxy groups -OCH3 is 1. The van der Waals surface area contributed by atoms with Crippen LogP contribution in [0.25, 0.3) is 11.4 Å². The van der Waals surface area contributed by atoms with Gasteiger partial charge in [0.2, 0.25) is 11.8 Å². The third-order valence-electron chi connectivity index (χ3n) is 9.03. The minimum atomic E-state index is -4.12. The summed E-state index contributed by atoms with van der Waals surface area (Å²) in [6.45, 7) is 0.544. The third-order valence-corrected chi connectivity index (χ3v) is 11.8. The zero-order valence-corrected chi connectivity index (χ0v) is 27.8. The van der Waals surface area contributed by atoms with E-state index in [1.807, 2.05) is 42.5 Å². The van der Waals surface area contributed by atoms with Crippen LogP contribution in [-0.4, -0.2) is 73.4 Å². The first-order valence-electron chi connectivity index (χ1n) is 15.6. The Morgan fingerprint density at radius 2 is 1.89 bits per heavy atom. The smallest absolute Gasteiger partial charge is 0.273 e. The highest BCUT2D eigenvalue weighted by Crippen LogP contribution is 2.47. The second-order valence-electron chi connectivity index (χ2n) is 12.2. The van der Waals surface area contributed by atoms with E-state index in [0.717, 1.165) is 36.2 Å². The van der Waals surface area contributed by atoms with Crippen molar-refractivity contribution in [2.45, 2.75) is 54.4 Å². The molecule has 3 heterocycles. The number of amides is 3. The lowest BCUT2D eigenvalue weighted by atomic mass is 9.93. The van der Waals surface area contributed by atoms with Crippen LogP contribution in [0.4, 0.5) is 0 Å². The van der Waals surface area contributed by atoms with Crippen molar-refractivity contribution >= 4 is 39.1 Å². The Morgan fingerprint density at radius 1 is 1.11 bits per heavy atom. The lowest BCUT2D eigenvalue weighted by Gasteiger charge is -2.26. The van der Waals surface area contributed by atoms with Crippen molar-refractivity contribution in [2.75, 3.05) is 20.7 Å². The third kappa shape index (κ3) is 6.89. The number of ether oxygens (including phenoxy) is 2. The molecule has 1 aliphatic heterocycles. The van der Waals surface area contributed by atoms with Gasteiger partial charge < -0.3 is 19.7 Å². The molecule has 3 amide bonds. The zero-order chi connectivity index (χ0) is 33.2. The number of aromatic nitrogens is 2. The van der Waals surface area contributed by atoms with E-state index in [2.05, 4.69) is 20.0 Å². The number of sulfonamides is 1. The minimum Gasteiger partial charge on any atom is -0.483 e. The molecule has 0 spiro atoms. The molecule has 0 unspecified atom stereocenters. The quantitative estimate of drug-likeness (QED) is 0.357. The van der Waals surface area contributed by atoms with Crippen molar-refractivity contribution in [1.82, 2.24) is 24.9 Å². The molecule has 6 rings (SSSR count). The number of rotatable bonds is 7. The predicted molar refractivity (Wildman–Crippen MR) is 174 cm³/mol. The summed E-state index contributed by atoms with van der Waals surface area (Å²) in [7, 11) is -0.912. The maximum Gasteiger partial charge on any atom is 0.273 e. The van der Waals surface area contributed by atoms with E-state index in [0.29, 0.717) is 12.4 Å². The van der Waals surface area contributed by atoms with E-state index in [1.165, 1.54) is 19.4 Å². The topological polar surface area (TPSA) is 157 Å². The number of hydrogen-bond acceptors (Lipinski definition) is 10. The van der Waals surface area contributed by atoms with Crippen LogP contribution in [0, 0.1) is 17.8 Å². The average Bonchev–Trinajstić information content (AvgIpc) is 3.39. The summed E-state index contributed by atoms with van der Waals surface area (Å²) in [5, 5.41) is 4.50. The highest BCUT2D eigenvalue weighted by atomic mass is 32.2. The summed E-state index contributed by atoms with van der Waals surface area (Å²) in [4.78, 5) is 52.0. The highest BCUT2D eigenvalue weighted by molar-refractivity contribution is 7.92. The van der Waals surface area contributed by atoms with Crippen molar-refractivity contribution in [2.24, 2.45) is 17.8 Å². The molecule has 3 aromatic rings. The van der Waals surface area contributed by atoms with Crippen LogP contribution in [0.5, 0.6) is 11.6 Å². The van der Waals surface area contributed by atoms with Gasteiger partial charge in [0.15, 0.2) is 11.6 Å². The predicted octanol–water partition coefficient (Wildman–Crippen LogP) is 3.57. The molecule has 0 bridgehead atoms. The fourth-order valence-electron chi connectivity index (χ4n) is 6.38. The molecule has 1 aromatic carbocycles. The molecule has 2 fully saturated rings. The van der Waals surface area contributed by atoms with Gasteiger partial charge in [0, 0.05) is 25.1 Å². The summed E-state index contributed by atoms with van der Waals surface area (Å²) in [5.41, 5.74) is -0.646. The van der Waals surface area contributed by atoms with E-state index in [9.17, 15) is 22.8 Å². The molecule has 0 saturated heterocycles. The van der Waals surface area contributed by atoms with Gasteiger partial charge in [0.25, 0.3) is 21.8 Å². The van der Waals surface area contributed by atoms with Crippen LogP contribution in [-0.2, 0) is 24.4 Å². The normalized spacial score (nSPS) is 27.1. The van der Waals surface area contributed by atoms with Gasteiger partial charge >= 0.3 is 0 Å². The monoisotopic (exact) mass is 679 g/mol. The summed E-state index contributed by atoms with van der Waals surface area (Å²) >= 11 is 0.993. The molecule has 47 heavy (non-hydrogen) atoms. The fraction of sp³-hybridized carbons (Fsp3) is 0.424. The highest BCUT2D eigenvalue weighted by Gasteiger charge is 2.62. The molecule has 248 valence electrons. The summed E-state index contributed by atoms with van der Waals surface area (Å²) in [6, 6.07) is 12.4. The number of carbonyl (C=O) groups is 3. The van der Waals surface area contributed by atoms with E-state index < -0.39 is 45.3 Å². The van der Waals surface area contributed by atoms with Gasteiger partial charge in [0.05, 0.1) is 25.1 Å². The number of carbonyl (C=O) groups excluding carboxylic acids is 3. The van der Waals surface area contributed by atoms with Gasteiger partial charge in [-0.15, -0.1) is 11.3 Å². The fourth-order valence-corrected chi connectivity index (χ4v) is 8.41. The van der Waals surface area contributed by atoms with Gasteiger partial charge in [-0.3, -0.25) is 14.4 Å². The van der Waals surface area contributed by atoms with Gasteiger partial charge in [-0.05, 0) is 50.0 Å². The molecule has 2 aliphatic carbocycles. The molecular formula is C33H37N5O7S2. The van der Waals surface area contributed by atoms with Crippen LogP contribution >= 0.6 is 11.3 Å². The second kappa shape index (κ2) is 13.4. The standard InChI is InChI=1S/C33H37N5O7S2/c1-38-15-9-4-3-8-13-22-19-33(22,32(41)37-47(42,43)27-14-10-16-46-27)36-29(39)24-17-23(18-25(24)31(38)40)45-26-20-34-28(35-30(26)44-2)21-11-6-5-7-12-21/h5-8,10-14,16,20,22-25H,3-4,9,15,17-19H2,1-2H3,(H,36,39)(H,37,41)/b13-8+/t22-,23+,24+,25+,33-/m0/s1. The first-order valence-corrected chi connectivity index (χ1v) is 17.9. The van der Waals surface area contributed by atoms with Crippen molar-refractivity contribution < 1.29 is 32.3 Å². The van der Waals surface area contributed by atoms with E-state index in [1.54, 1.807) is 23.4 Å². The number of nitrogens with one attached hydrogen (secondary N) is 2. The van der Waals surface area contributed by atoms with Crippen molar-refractivity contribution in [3.63, 3.8) is 0 Å². The van der Waals surface area contributed by atoms with Crippen molar-refractivity contribution in [1.29, 1.82) is 0 Å². The maximum absolute atomic E-state index is 14.0. The van der Waals surface area contributed by atoms with Crippen LogP contribution in [0.2, 0.25) is 0 Å². The van der Waals surface area contributed by atoms with E-state index in [-0.39, 0.29) is 46.9 Å². The lowest BCUT2D eigenvalue weighted by molar-refractivity contribution is -0.140. The molecule has 2 aromatic heterocycles. The number of hydrogen-bond donors (Lipinski definition) is 2. The first-order chi connectivity index (χ1) is 22.6. The lowest BCUT2D eigenvalue weighted by Crippen LogP contribution is -2.54. The van der Waals surface area contributed by atoms with Gasteiger partial charge in [0.1, 0.15) is 15.9 Å². The van der Waals surface area contributed by atoms with E-state index in [4.69, 9.17) is 9.47 Å². The van der Waals surface area contributed by atoms with Crippen LogP contribution in [0.1, 0.15) is 38.5 Å². The van der Waals surface area contributed by atoms with Gasteiger partial charge in [-0.2, -0.15) is 4.98 Å². The van der Waals surface area contributed by atoms with Crippen LogP contribution in [0.15, 0.2) is 70.4 Å². The first kappa shape index (κ1) is 32.6. The SMILES string of the molecule is COc1nc(-c2ccccc2)ncc1O[C@@H]1C[C@H]2C(=O)N[C@@]3(C(=O)NS(=O)(=O)c4cccs4)C[C@@H]3/C=C/CCCCN(C)C(=O)[C@@H]2C1. The molecule has 3 aliphatic rings. The molecule has 2 N–H and O–H groups in total. The average molecular weight is 680 g/mol. The Bertz CT molecular complexity index is 1770. The Labute approximate surface area is 277 Å². The largest absolute Gasteiger partial charge is 0.483 e. The number of allylic oxidation sites excluding steroid dienone is 1. The van der Waals surface area contributed by atoms with E-state index >= 15 is 0 Å². The van der Waals surface area contributed by atoms with Gasteiger partial charge in [-0.1, -0.05) is 48.6 Å². The summed E-state index contributed by atoms with van der Waals surface area (Å²) in [5.74, 6) is -2.44. The Balaban J connectivity index is 1.25. The molecule has 14 heteroatoms. The second-order valence-corrected chi connectivity index (χ2v) is 15.0. The van der Waals surface area contributed by atoms with Crippen LogP contribution in [0.3, 0.4) is 0 Å². The maximum atomic E-state index is 14.0. The molecule has 12 nitrogen and oxygen atoms in total. The molecular weight excluding hydrogens is 643 g/mol.